The Hall–Kier alpha value is -2.89. The van der Waals surface area contributed by atoms with Crippen LogP contribution >= 0.6 is 0 Å². The van der Waals surface area contributed by atoms with Crippen molar-refractivity contribution in [3.8, 4) is 0 Å². The average molecular weight is 356 g/mol. The normalized spacial score (nSPS) is 11.7. The van der Waals surface area contributed by atoms with Crippen LogP contribution < -0.4 is 5.32 Å². The first-order valence-corrected chi connectivity index (χ1v) is 8.44. The molecule has 0 aliphatic rings. The van der Waals surface area contributed by atoms with Gasteiger partial charge in [0.1, 0.15) is 5.69 Å². The molecule has 138 valence electrons. The van der Waals surface area contributed by atoms with Gasteiger partial charge in [0.2, 0.25) is 0 Å². The number of Topliss-reactive ketones (excluding diaryl/α,β-unsaturated/α-hetero) is 1. The molecule has 1 heterocycles. The van der Waals surface area contributed by atoms with Crippen molar-refractivity contribution in [3.05, 3.63) is 57.9 Å². The summed E-state index contributed by atoms with van der Waals surface area (Å²) in [6, 6.07) is 7.57. The Morgan fingerprint density at radius 1 is 1.15 bits per heavy atom. The fourth-order valence-corrected chi connectivity index (χ4v) is 3.12. The third-order valence-electron chi connectivity index (χ3n) is 4.36. The van der Waals surface area contributed by atoms with Crippen molar-refractivity contribution < 1.29 is 19.1 Å². The molecule has 0 aliphatic carbocycles. The lowest BCUT2D eigenvalue weighted by molar-refractivity contribution is -0.124. The van der Waals surface area contributed by atoms with Gasteiger partial charge in [-0.15, -0.1) is 0 Å². The molecule has 2 N–H and O–H groups in total. The Labute approximate surface area is 152 Å². The van der Waals surface area contributed by atoms with Crippen LogP contribution in [-0.4, -0.2) is 29.3 Å². The van der Waals surface area contributed by atoms with Gasteiger partial charge in [-0.3, -0.25) is 9.59 Å². The van der Waals surface area contributed by atoms with Crippen molar-refractivity contribution in [3.63, 3.8) is 0 Å². The predicted octanol–water partition coefficient (Wildman–Crippen LogP) is 3.18. The number of aromatic amines is 1. The number of nitrogens with one attached hydrogen (secondary N) is 2. The lowest BCUT2D eigenvalue weighted by Crippen LogP contribution is -2.31. The van der Waals surface area contributed by atoms with Crippen LogP contribution in [0, 0.1) is 20.8 Å². The second-order valence-corrected chi connectivity index (χ2v) is 6.40. The largest absolute Gasteiger partial charge is 0.451 e. The van der Waals surface area contributed by atoms with E-state index >= 15 is 0 Å². The number of hydrogen-bond acceptors (Lipinski definition) is 4. The van der Waals surface area contributed by atoms with Crippen LogP contribution in [-0.2, 0) is 9.53 Å². The highest BCUT2D eigenvalue weighted by molar-refractivity contribution is 6.01. The van der Waals surface area contributed by atoms with E-state index in [2.05, 4.69) is 10.3 Å². The molecule has 0 aliphatic heterocycles. The number of aromatic nitrogens is 1. The first kappa shape index (κ1) is 19.4. The summed E-state index contributed by atoms with van der Waals surface area (Å²) in [6.45, 7) is 8.30. The number of ketones is 1. The molecule has 0 saturated carbocycles. The Morgan fingerprint density at radius 2 is 1.81 bits per heavy atom. The maximum atomic E-state index is 12.2. The lowest BCUT2D eigenvalue weighted by atomic mass is 10.0. The van der Waals surface area contributed by atoms with E-state index in [1.54, 1.807) is 13.8 Å². The molecule has 0 radical (unpaired) electrons. The maximum absolute atomic E-state index is 12.2. The van der Waals surface area contributed by atoms with Crippen LogP contribution in [0.2, 0.25) is 0 Å². The molecule has 0 spiro atoms. The van der Waals surface area contributed by atoms with Crippen molar-refractivity contribution in [2.24, 2.45) is 0 Å². The Balaban J connectivity index is 1.97. The molecule has 26 heavy (non-hydrogen) atoms. The van der Waals surface area contributed by atoms with Gasteiger partial charge in [-0.05, 0) is 51.3 Å². The number of ether oxygens (including phenoxy) is 1. The molecule has 2 aromatic rings. The van der Waals surface area contributed by atoms with Crippen molar-refractivity contribution in [1.82, 2.24) is 10.3 Å². The third-order valence-corrected chi connectivity index (χ3v) is 4.36. The van der Waals surface area contributed by atoms with Crippen LogP contribution in [0.25, 0.3) is 0 Å². The van der Waals surface area contributed by atoms with Crippen molar-refractivity contribution in [2.75, 3.05) is 6.61 Å². The molecule has 1 atom stereocenters. The second kappa shape index (κ2) is 7.99. The minimum absolute atomic E-state index is 0.125. The topological polar surface area (TPSA) is 88.3 Å². The van der Waals surface area contributed by atoms with Crippen molar-refractivity contribution in [1.29, 1.82) is 0 Å². The monoisotopic (exact) mass is 356 g/mol. The Bertz CT molecular complexity index is 851. The average Bonchev–Trinajstić information content (AvgIpc) is 2.87. The number of amides is 1. The van der Waals surface area contributed by atoms with E-state index in [-0.39, 0.29) is 30.0 Å². The van der Waals surface area contributed by atoms with Gasteiger partial charge in [0.25, 0.3) is 5.91 Å². The molecular formula is C20H24N2O4. The standard InChI is InChI=1S/C20H24N2O4/c1-11-8-6-7-9-16(11)13(3)21-17(24)10-26-20(25)19-12(2)18(15(5)23)14(4)22-19/h6-9,13,22H,10H2,1-5H3,(H,21,24)/t13-/m0/s1. The van der Waals surface area contributed by atoms with Gasteiger partial charge in [-0.1, -0.05) is 24.3 Å². The Morgan fingerprint density at radius 3 is 2.38 bits per heavy atom. The second-order valence-electron chi connectivity index (χ2n) is 6.40. The van der Waals surface area contributed by atoms with E-state index in [9.17, 15) is 14.4 Å². The van der Waals surface area contributed by atoms with Crippen LogP contribution in [0.4, 0.5) is 0 Å². The zero-order valence-electron chi connectivity index (χ0n) is 15.7. The molecule has 6 nitrogen and oxygen atoms in total. The van der Waals surface area contributed by atoms with Crippen LogP contribution in [0.3, 0.4) is 0 Å². The summed E-state index contributed by atoms with van der Waals surface area (Å²) in [5.41, 5.74) is 3.91. The summed E-state index contributed by atoms with van der Waals surface area (Å²) < 4.78 is 5.09. The SMILES string of the molecule is CC(=O)c1c(C)[nH]c(C(=O)OCC(=O)N[C@@H](C)c2ccccc2C)c1C. The summed E-state index contributed by atoms with van der Waals surface area (Å²) in [7, 11) is 0. The fraction of sp³-hybridized carbons (Fsp3) is 0.350. The number of benzene rings is 1. The van der Waals surface area contributed by atoms with E-state index in [0.717, 1.165) is 11.1 Å². The summed E-state index contributed by atoms with van der Waals surface area (Å²) in [5, 5.41) is 2.81. The minimum Gasteiger partial charge on any atom is -0.451 e. The molecule has 0 fully saturated rings. The first-order valence-electron chi connectivity index (χ1n) is 8.44. The molecule has 1 aromatic heterocycles. The highest BCUT2D eigenvalue weighted by Crippen LogP contribution is 2.19. The number of esters is 1. The van der Waals surface area contributed by atoms with Crippen molar-refractivity contribution in [2.45, 2.75) is 40.7 Å². The van der Waals surface area contributed by atoms with Gasteiger partial charge < -0.3 is 15.0 Å². The first-order chi connectivity index (χ1) is 12.2. The lowest BCUT2D eigenvalue weighted by Gasteiger charge is -2.16. The van der Waals surface area contributed by atoms with E-state index in [4.69, 9.17) is 4.74 Å². The van der Waals surface area contributed by atoms with Crippen molar-refractivity contribution >= 4 is 17.7 Å². The number of carbonyl (C=O) groups excluding carboxylic acids is 3. The highest BCUT2D eigenvalue weighted by Gasteiger charge is 2.21. The number of carbonyl (C=O) groups is 3. The number of H-pyrrole nitrogens is 1. The van der Waals surface area contributed by atoms with E-state index in [0.29, 0.717) is 16.8 Å². The van der Waals surface area contributed by atoms with Crippen LogP contribution in [0.1, 0.15) is 63.1 Å². The quantitative estimate of drug-likeness (QED) is 0.615. The minimum atomic E-state index is -0.656. The van der Waals surface area contributed by atoms with E-state index < -0.39 is 5.97 Å². The zero-order valence-corrected chi connectivity index (χ0v) is 15.7. The Kier molecular flexibility index (Phi) is 5.97. The smallest absolute Gasteiger partial charge is 0.355 e. The summed E-state index contributed by atoms with van der Waals surface area (Å²) in [5.74, 6) is -1.17. The molecule has 1 aromatic carbocycles. The van der Waals surface area contributed by atoms with E-state index in [1.165, 1.54) is 6.92 Å². The summed E-state index contributed by atoms with van der Waals surface area (Å²) in [4.78, 5) is 38.8. The molecule has 2 rings (SSSR count). The summed E-state index contributed by atoms with van der Waals surface area (Å²) >= 11 is 0. The molecule has 6 heteroatoms. The third kappa shape index (κ3) is 4.20. The van der Waals surface area contributed by atoms with E-state index in [1.807, 2.05) is 38.1 Å². The zero-order chi connectivity index (χ0) is 19.4. The van der Waals surface area contributed by atoms with Gasteiger partial charge in [0, 0.05) is 11.3 Å². The number of aryl methyl sites for hydroxylation is 2. The van der Waals surface area contributed by atoms with Gasteiger partial charge in [0.15, 0.2) is 12.4 Å². The maximum Gasteiger partial charge on any atom is 0.355 e. The molecule has 0 saturated heterocycles. The van der Waals surface area contributed by atoms with Gasteiger partial charge in [-0.25, -0.2) is 4.79 Å². The van der Waals surface area contributed by atoms with Crippen LogP contribution in [0.5, 0.6) is 0 Å². The van der Waals surface area contributed by atoms with Gasteiger partial charge in [-0.2, -0.15) is 0 Å². The summed E-state index contributed by atoms with van der Waals surface area (Å²) in [6.07, 6.45) is 0. The molecule has 0 bridgehead atoms. The van der Waals surface area contributed by atoms with Gasteiger partial charge >= 0.3 is 5.97 Å². The number of hydrogen-bond donors (Lipinski definition) is 2. The molecular weight excluding hydrogens is 332 g/mol. The molecule has 1 amide bonds. The fourth-order valence-electron chi connectivity index (χ4n) is 3.12. The molecule has 0 unspecified atom stereocenters. The van der Waals surface area contributed by atoms with Crippen LogP contribution in [0.15, 0.2) is 24.3 Å². The van der Waals surface area contributed by atoms with Gasteiger partial charge in [0.05, 0.1) is 6.04 Å². The number of rotatable bonds is 6. The predicted molar refractivity (Wildman–Crippen MR) is 98.3 cm³/mol. The highest BCUT2D eigenvalue weighted by atomic mass is 16.5.